The Labute approximate surface area is 98.4 Å². The molecule has 0 saturated carbocycles. The van der Waals surface area contributed by atoms with Crippen LogP contribution in [0.2, 0.25) is 0 Å². The van der Waals surface area contributed by atoms with Gasteiger partial charge in [0.05, 0.1) is 0 Å². The fourth-order valence-corrected chi connectivity index (χ4v) is 2.74. The van der Waals surface area contributed by atoms with E-state index < -0.39 is 0 Å². The molecule has 2 rings (SSSR count). The molecule has 0 spiro atoms. The molecule has 1 fully saturated rings. The average molecular weight is 218 g/mol. The van der Waals surface area contributed by atoms with Crippen molar-refractivity contribution < 1.29 is 0 Å². The number of benzene rings is 1. The van der Waals surface area contributed by atoms with E-state index in [1.165, 1.54) is 30.6 Å². The van der Waals surface area contributed by atoms with E-state index in [0.29, 0.717) is 6.04 Å². The van der Waals surface area contributed by atoms with Crippen LogP contribution in [0.4, 0.5) is 5.69 Å². The Morgan fingerprint density at radius 2 is 2.19 bits per heavy atom. The van der Waals surface area contributed by atoms with Gasteiger partial charge in [0.25, 0.3) is 0 Å². The van der Waals surface area contributed by atoms with Crippen LogP contribution in [0.15, 0.2) is 24.3 Å². The zero-order valence-corrected chi connectivity index (χ0v) is 10.2. The maximum atomic E-state index is 5.69. The quantitative estimate of drug-likeness (QED) is 0.841. The lowest BCUT2D eigenvalue weighted by atomic mass is 10.1. The maximum absolute atomic E-state index is 5.69. The lowest BCUT2D eigenvalue weighted by Crippen LogP contribution is -2.31. The highest BCUT2D eigenvalue weighted by molar-refractivity contribution is 5.55. The minimum absolute atomic E-state index is 0.665. The van der Waals surface area contributed by atoms with Crippen molar-refractivity contribution >= 4 is 5.69 Å². The minimum atomic E-state index is 0.665. The van der Waals surface area contributed by atoms with Crippen molar-refractivity contribution in [1.29, 1.82) is 0 Å². The van der Waals surface area contributed by atoms with Gasteiger partial charge in [0.15, 0.2) is 0 Å². The third-order valence-corrected chi connectivity index (χ3v) is 3.56. The average Bonchev–Trinajstić information content (AvgIpc) is 2.77. The van der Waals surface area contributed by atoms with Gasteiger partial charge in [-0.1, -0.05) is 25.1 Å². The summed E-state index contributed by atoms with van der Waals surface area (Å²) in [7, 11) is 0. The SMILES string of the molecule is CCc1ccccc1N1CCCC1CCN. The van der Waals surface area contributed by atoms with Gasteiger partial charge in [-0.15, -0.1) is 0 Å². The Kier molecular flexibility index (Phi) is 3.83. The van der Waals surface area contributed by atoms with Gasteiger partial charge in [0.1, 0.15) is 0 Å². The van der Waals surface area contributed by atoms with E-state index in [-0.39, 0.29) is 0 Å². The van der Waals surface area contributed by atoms with E-state index in [2.05, 4.69) is 36.1 Å². The van der Waals surface area contributed by atoms with Gasteiger partial charge < -0.3 is 10.6 Å². The first-order valence-corrected chi connectivity index (χ1v) is 6.41. The Bertz CT molecular complexity index is 335. The number of hydrogen-bond donors (Lipinski definition) is 1. The number of aryl methyl sites for hydroxylation is 1. The highest BCUT2D eigenvalue weighted by Gasteiger charge is 2.24. The molecule has 1 atom stereocenters. The van der Waals surface area contributed by atoms with Gasteiger partial charge in [-0.3, -0.25) is 0 Å². The number of rotatable bonds is 4. The van der Waals surface area contributed by atoms with E-state index in [4.69, 9.17) is 5.73 Å². The molecule has 0 amide bonds. The highest BCUT2D eigenvalue weighted by Crippen LogP contribution is 2.30. The Morgan fingerprint density at radius 1 is 1.38 bits per heavy atom. The second kappa shape index (κ2) is 5.35. The predicted molar refractivity (Wildman–Crippen MR) is 69.9 cm³/mol. The molecule has 2 nitrogen and oxygen atoms in total. The molecule has 1 aliphatic rings. The van der Waals surface area contributed by atoms with Crippen molar-refractivity contribution in [1.82, 2.24) is 0 Å². The summed E-state index contributed by atoms with van der Waals surface area (Å²) >= 11 is 0. The predicted octanol–water partition coefficient (Wildman–Crippen LogP) is 2.57. The Hall–Kier alpha value is -1.02. The van der Waals surface area contributed by atoms with Gasteiger partial charge in [-0.2, -0.15) is 0 Å². The lowest BCUT2D eigenvalue weighted by Gasteiger charge is -2.28. The number of hydrogen-bond acceptors (Lipinski definition) is 2. The van der Waals surface area contributed by atoms with Crippen LogP contribution in [-0.4, -0.2) is 19.1 Å². The Morgan fingerprint density at radius 3 is 2.94 bits per heavy atom. The van der Waals surface area contributed by atoms with Crippen molar-refractivity contribution in [2.24, 2.45) is 5.73 Å². The van der Waals surface area contributed by atoms with Crippen LogP contribution in [0.1, 0.15) is 31.7 Å². The van der Waals surface area contributed by atoms with E-state index in [9.17, 15) is 0 Å². The van der Waals surface area contributed by atoms with E-state index >= 15 is 0 Å². The van der Waals surface area contributed by atoms with E-state index in [1.807, 2.05) is 0 Å². The summed E-state index contributed by atoms with van der Waals surface area (Å²) in [4.78, 5) is 2.56. The number of anilines is 1. The van der Waals surface area contributed by atoms with E-state index in [1.54, 1.807) is 0 Å². The van der Waals surface area contributed by atoms with Crippen molar-refractivity contribution in [2.45, 2.75) is 38.6 Å². The molecule has 0 aromatic heterocycles. The topological polar surface area (TPSA) is 29.3 Å². The molecular formula is C14H22N2. The van der Waals surface area contributed by atoms with Crippen LogP contribution in [0.25, 0.3) is 0 Å². The van der Waals surface area contributed by atoms with Gasteiger partial charge in [-0.05, 0) is 43.9 Å². The lowest BCUT2D eigenvalue weighted by molar-refractivity contribution is 0.617. The molecule has 1 saturated heterocycles. The zero-order chi connectivity index (χ0) is 11.4. The fourth-order valence-electron chi connectivity index (χ4n) is 2.74. The largest absolute Gasteiger partial charge is 0.368 e. The molecule has 1 unspecified atom stereocenters. The summed E-state index contributed by atoms with van der Waals surface area (Å²) in [6, 6.07) is 9.45. The van der Waals surface area contributed by atoms with Gasteiger partial charge >= 0.3 is 0 Å². The number of nitrogens with two attached hydrogens (primary N) is 1. The van der Waals surface area contributed by atoms with Crippen molar-refractivity contribution in [2.75, 3.05) is 18.0 Å². The molecule has 2 N–H and O–H groups in total. The minimum Gasteiger partial charge on any atom is -0.368 e. The summed E-state index contributed by atoms with van der Waals surface area (Å²) in [6.07, 6.45) is 4.85. The molecule has 0 radical (unpaired) electrons. The molecule has 2 heteroatoms. The van der Waals surface area contributed by atoms with Crippen LogP contribution < -0.4 is 10.6 Å². The third-order valence-electron chi connectivity index (χ3n) is 3.56. The zero-order valence-electron chi connectivity index (χ0n) is 10.2. The van der Waals surface area contributed by atoms with Crippen LogP contribution in [0, 0.1) is 0 Å². The van der Waals surface area contributed by atoms with Crippen molar-refractivity contribution in [3.63, 3.8) is 0 Å². The molecule has 1 aromatic rings. The summed E-state index contributed by atoms with van der Waals surface area (Å²) in [5.41, 5.74) is 8.59. The molecule has 0 aliphatic carbocycles. The molecule has 0 bridgehead atoms. The maximum Gasteiger partial charge on any atom is 0.0401 e. The highest BCUT2D eigenvalue weighted by atomic mass is 15.2. The van der Waals surface area contributed by atoms with Crippen LogP contribution in [0.3, 0.4) is 0 Å². The van der Waals surface area contributed by atoms with Gasteiger partial charge in [0.2, 0.25) is 0 Å². The molecule has 88 valence electrons. The molecule has 16 heavy (non-hydrogen) atoms. The van der Waals surface area contributed by atoms with Gasteiger partial charge in [-0.25, -0.2) is 0 Å². The third kappa shape index (κ3) is 2.22. The monoisotopic (exact) mass is 218 g/mol. The normalized spacial score (nSPS) is 20.4. The molecular weight excluding hydrogens is 196 g/mol. The number of para-hydroxylation sites is 1. The Balaban J connectivity index is 2.21. The first-order chi connectivity index (χ1) is 7.86. The first-order valence-electron chi connectivity index (χ1n) is 6.41. The summed E-state index contributed by atoms with van der Waals surface area (Å²) in [6.45, 7) is 4.23. The second-order valence-electron chi connectivity index (χ2n) is 4.55. The van der Waals surface area contributed by atoms with E-state index in [0.717, 1.165) is 19.4 Å². The first kappa shape index (κ1) is 11.5. The van der Waals surface area contributed by atoms with Crippen LogP contribution in [0.5, 0.6) is 0 Å². The van der Waals surface area contributed by atoms with Crippen molar-refractivity contribution in [3.05, 3.63) is 29.8 Å². The molecule has 1 heterocycles. The van der Waals surface area contributed by atoms with Gasteiger partial charge in [0, 0.05) is 18.3 Å². The molecule has 1 aromatic carbocycles. The second-order valence-corrected chi connectivity index (χ2v) is 4.55. The summed E-state index contributed by atoms with van der Waals surface area (Å²) in [5, 5.41) is 0. The fraction of sp³-hybridized carbons (Fsp3) is 0.571. The summed E-state index contributed by atoms with van der Waals surface area (Å²) in [5.74, 6) is 0. The smallest absolute Gasteiger partial charge is 0.0401 e. The standard InChI is InChI=1S/C14H22N2/c1-2-12-6-3-4-8-14(12)16-11-5-7-13(16)9-10-15/h3-4,6,8,13H,2,5,7,9-11,15H2,1H3. The molecule has 1 aliphatic heterocycles. The van der Waals surface area contributed by atoms with Crippen LogP contribution >= 0.6 is 0 Å². The van der Waals surface area contributed by atoms with Crippen molar-refractivity contribution in [3.8, 4) is 0 Å². The number of nitrogens with zero attached hydrogens (tertiary/aromatic N) is 1. The van der Waals surface area contributed by atoms with Crippen LogP contribution in [-0.2, 0) is 6.42 Å². The summed E-state index contributed by atoms with van der Waals surface area (Å²) < 4.78 is 0.